The van der Waals surface area contributed by atoms with E-state index in [0.29, 0.717) is 37.1 Å². The molecule has 0 saturated heterocycles. The van der Waals surface area contributed by atoms with Gasteiger partial charge in [0.1, 0.15) is 5.75 Å². The van der Waals surface area contributed by atoms with Crippen molar-refractivity contribution in [1.82, 2.24) is 10.2 Å². The van der Waals surface area contributed by atoms with Crippen LogP contribution < -0.4 is 15.8 Å². The summed E-state index contributed by atoms with van der Waals surface area (Å²) in [6.07, 6.45) is 1.44. The Balaban J connectivity index is 2.16. The number of rotatable bonds is 9. The van der Waals surface area contributed by atoms with E-state index in [-0.39, 0.29) is 5.91 Å². The van der Waals surface area contributed by atoms with Crippen molar-refractivity contribution in [2.45, 2.75) is 32.7 Å². The summed E-state index contributed by atoms with van der Waals surface area (Å²) < 4.78 is 5.49. The van der Waals surface area contributed by atoms with E-state index in [9.17, 15) is 4.79 Å². The molecule has 0 aliphatic rings. The Morgan fingerprint density at radius 1 is 1.43 bits per heavy atom. The van der Waals surface area contributed by atoms with Crippen LogP contribution in [0.2, 0.25) is 0 Å². The molecule has 21 heavy (non-hydrogen) atoms. The number of para-hydroxylation sites is 2. The third-order valence-corrected chi connectivity index (χ3v) is 3.64. The van der Waals surface area contributed by atoms with Crippen molar-refractivity contribution in [1.29, 1.82) is 0 Å². The van der Waals surface area contributed by atoms with Crippen molar-refractivity contribution in [3.8, 4) is 5.75 Å². The Kier molecular flexibility index (Phi) is 7.61. The van der Waals surface area contributed by atoms with Crippen molar-refractivity contribution >= 4 is 11.6 Å². The van der Waals surface area contributed by atoms with E-state index in [1.54, 1.807) is 12.1 Å². The van der Waals surface area contributed by atoms with Crippen LogP contribution in [0.25, 0.3) is 0 Å². The van der Waals surface area contributed by atoms with E-state index in [2.05, 4.69) is 31.1 Å². The fourth-order valence-corrected chi connectivity index (χ4v) is 1.86. The molecule has 0 spiro atoms. The van der Waals surface area contributed by atoms with Crippen LogP contribution >= 0.6 is 0 Å². The minimum absolute atomic E-state index is 0.00190. The van der Waals surface area contributed by atoms with Gasteiger partial charge in [0.05, 0.1) is 18.7 Å². The number of likely N-dealkylation sites (N-methyl/N-ethyl adjacent to an activating group) is 1. The summed E-state index contributed by atoms with van der Waals surface area (Å²) in [5.74, 6) is 0.629. The summed E-state index contributed by atoms with van der Waals surface area (Å²) in [6.45, 7) is 6.19. The summed E-state index contributed by atoms with van der Waals surface area (Å²) in [5, 5.41) is 2.90. The zero-order valence-corrected chi connectivity index (χ0v) is 13.3. The van der Waals surface area contributed by atoms with E-state index >= 15 is 0 Å². The quantitative estimate of drug-likeness (QED) is 0.682. The third kappa shape index (κ3) is 6.49. The Labute approximate surface area is 127 Å². The second kappa shape index (κ2) is 9.23. The minimum atomic E-state index is 0.00190. The number of nitrogens with two attached hydrogens (primary N) is 1. The molecule has 1 amide bonds. The van der Waals surface area contributed by atoms with E-state index in [4.69, 9.17) is 10.5 Å². The van der Waals surface area contributed by atoms with Crippen molar-refractivity contribution in [2.75, 3.05) is 32.5 Å². The van der Waals surface area contributed by atoms with Crippen LogP contribution in [0.15, 0.2) is 24.3 Å². The molecule has 118 valence electrons. The van der Waals surface area contributed by atoms with Crippen molar-refractivity contribution in [3.63, 3.8) is 0 Å². The van der Waals surface area contributed by atoms with Gasteiger partial charge in [-0.2, -0.15) is 0 Å². The maximum atomic E-state index is 11.7. The highest BCUT2D eigenvalue weighted by Gasteiger charge is 2.07. The van der Waals surface area contributed by atoms with Crippen LogP contribution in [0.5, 0.6) is 5.75 Å². The lowest BCUT2D eigenvalue weighted by Gasteiger charge is -2.23. The molecule has 0 heterocycles. The van der Waals surface area contributed by atoms with E-state index in [0.717, 1.165) is 13.0 Å². The number of carbonyl (C=O) groups excluding carboxylic acids is 1. The van der Waals surface area contributed by atoms with Crippen LogP contribution in [-0.4, -0.2) is 43.6 Å². The lowest BCUT2D eigenvalue weighted by atomic mass is 10.2. The molecule has 0 saturated carbocycles. The van der Waals surface area contributed by atoms with Crippen LogP contribution in [-0.2, 0) is 4.79 Å². The molecule has 0 aromatic heterocycles. The molecule has 5 nitrogen and oxygen atoms in total. The topological polar surface area (TPSA) is 67.6 Å². The van der Waals surface area contributed by atoms with Crippen molar-refractivity contribution in [2.24, 2.45) is 0 Å². The summed E-state index contributed by atoms with van der Waals surface area (Å²) in [7, 11) is 2.07. The van der Waals surface area contributed by atoms with Gasteiger partial charge in [0.25, 0.3) is 0 Å². The molecule has 0 bridgehead atoms. The molecule has 5 heteroatoms. The number of carbonyl (C=O) groups is 1. The molecular weight excluding hydrogens is 266 g/mol. The first-order valence-electron chi connectivity index (χ1n) is 7.48. The zero-order chi connectivity index (χ0) is 15.7. The number of hydrogen-bond acceptors (Lipinski definition) is 4. The molecule has 0 aliphatic carbocycles. The Bertz CT molecular complexity index is 437. The molecule has 0 aliphatic heterocycles. The molecule has 0 radical (unpaired) electrons. The van der Waals surface area contributed by atoms with Crippen LogP contribution in [0.4, 0.5) is 5.69 Å². The molecule has 3 N–H and O–H groups in total. The average Bonchev–Trinajstić information content (AvgIpc) is 2.48. The van der Waals surface area contributed by atoms with Gasteiger partial charge in [-0.25, -0.2) is 0 Å². The standard InChI is InChI=1S/C16H27N3O2/c1-4-13(2)19(3)11-10-18-16(20)9-12-21-15-8-6-5-7-14(15)17/h5-8,13H,4,9-12,17H2,1-3H3,(H,18,20). The predicted molar refractivity (Wildman–Crippen MR) is 86.4 cm³/mol. The number of nitrogens with one attached hydrogen (secondary N) is 1. The van der Waals surface area contributed by atoms with E-state index in [1.807, 2.05) is 12.1 Å². The third-order valence-electron chi connectivity index (χ3n) is 3.64. The fourth-order valence-electron chi connectivity index (χ4n) is 1.86. The van der Waals surface area contributed by atoms with Gasteiger partial charge in [0, 0.05) is 19.1 Å². The smallest absolute Gasteiger partial charge is 0.223 e. The molecular formula is C16H27N3O2. The second-order valence-corrected chi connectivity index (χ2v) is 5.22. The Morgan fingerprint density at radius 2 is 2.14 bits per heavy atom. The second-order valence-electron chi connectivity index (χ2n) is 5.22. The largest absolute Gasteiger partial charge is 0.491 e. The highest BCUT2D eigenvalue weighted by molar-refractivity contribution is 5.76. The minimum Gasteiger partial charge on any atom is -0.491 e. The number of nitrogen functional groups attached to an aromatic ring is 1. The first-order chi connectivity index (χ1) is 10.0. The van der Waals surface area contributed by atoms with Crippen LogP contribution in [0.3, 0.4) is 0 Å². The molecule has 1 aromatic carbocycles. The number of ether oxygens (including phenoxy) is 1. The summed E-state index contributed by atoms with van der Waals surface area (Å²) in [4.78, 5) is 13.9. The molecule has 1 atom stereocenters. The van der Waals surface area contributed by atoms with Crippen molar-refractivity contribution in [3.05, 3.63) is 24.3 Å². The van der Waals surface area contributed by atoms with Crippen LogP contribution in [0.1, 0.15) is 26.7 Å². The number of amides is 1. The van der Waals surface area contributed by atoms with Gasteiger partial charge in [0.2, 0.25) is 5.91 Å². The van der Waals surface area contributed by atoms with Crippen LogP contribution in [0, 0.1) is 0 Å². The SMILES string of the molecule is CCC(C)N(C)CCNC(=O)CCOc1ccccc1N. The fraction of sp³-hybridized carbons (Fsp3) is 0.562. The first-order valence-corrected chi connectivity index (χ1v) is 7.48. The van der Waals surface area contributed by atoms with Gasteiger partial charge < -0.3 is 20.7 Å². The predicted octanol–water partition coefficient (Wildman–Crippen LogP) is 1.88. The Morgan fingerprint density at radius 3 is 2.81 bits per heavy atom. The van der Waals surface area contributed by atoms with Crippen molar-refractivity contribution < 1.29 is 9.53 Å². The molecule has 1 aromatic rings. The van der Waals surface area contributed by atoms with Gasteiger partial charge in [-0.1, -0.05) is 19.1 Å². The monoisotopic (exact) mass is 293 g/mol. The summed E-state index contributed by atoms with van der Waals surface area (Å²) in [5.41, 5.74) is 6.35. The molecule has 0 fully saturated rings. The van der Waals surface area contributed by atoms with E-state index in [1.165, 1.54) is 0 Å². The van der Waals surface area contributed by atoms with Gasteiger partial charge in [0.15, 0.2) is 0 Å². The van der Waals surface area contributed by atoms with Gasteiger partial charge >= 0.3 is 0 Å². The normalized spacial score (nSPS) is 12.2. The number of nitrogens with zero attached hydrogens (tertiary/aromatic N) is 1. The van der Waals surface area contributed by atoms with E-state index < -0.39 is 0 Å². The number of anilines is 1. The lowest BCUT2D eigenvalue weighted by molar-refractivity contribution is -0.121. The molecule has 1 rings (SSSR count). The molecule has 1 unspecified atom stereocenters. The Hall–Kier alpha value is -1.75. The number of benzene rings is 1. The van der Waals surface area contributed by atoms with Gasteiger partial charge in [-0.05, 0) is 32.5 Å². The van der Waals surface area contributed by atoms with Gasteiger partial charge in [-0.3, -0.25) is 4.79 Å². The number of hydrogen-bond donors (Lipinski definition) is 2. The highest BCUT2D eigenvalue weighted by atomic mass is 16.5. The highest BCUT2D eigenvalue weighted by Crippen LogP contribution is 2.19. The maximum Gasteiger partial charge on any atom is 0.223 e. The summed E-state index contributed by atoms with van der Waals surface area (Å²) in [6, 6.07) is 7.82. The average molecular weight is 293 g/mol. The summed E-state index contributed by atoms with van der Waals surface area (Å²) >= 11 is 0. The first kappa shape index (κ1) is 17.3. The lowest BCUT2D eigenvalue weighted by Crippen LogP contribution is -2.37. The zero-order valence-electron chi connectivity index (χ0n) is 13.3. The maximum absolute atomic E-state index is 11.7. The van der Waals surface area contributed by atoms with Gasteiger partial charge in [-0.15, -0.1) is 0 Å².